The van der Waals surface area contributed by atoms with Gasteiger partial charge in [0.15, 0.2) is 0 Å². The third-order valence-corrected chi connectivity index (χ3v) is 4.49. The van der Waals surface area contributed by atoms with E-state index < -0.39 is 0 Å². The Labute approximate surface area is 134 Å². The average molecular weight is 346 g/mol. The smallest absolute Gasteiger partial charge is 0.132 e. The summed E-state index contributed by atoms with van der Waals surface area (Å²) in [5, 5.41) is 0. The van der Waals surface area contributed by atoms with Crippen molar-refractivity contribution < 1.29 is 0 Å². The molecule has 1 unspecified atom stereocenters. The van der Waals surface area contributed by atoms with E-state index in [2.05, 4.69) is 81.1 Å². The van der Waals surface area contributed by atoms with Crippen molar-refractivity contribution in [2.75, 3.05) is 31.6 Å². The minimum atomic E-state index is 0.359. The Morgan fingerprint density at radius 1 is 1.19 bits per heavy atom. The second-order valence-electron chi connectivity index (χ2n) is 5.68. The fraction of sp³-hybridized carbons (Fsp3) is 0.353. The Balaban J connectivity index is 1.98. The van der Waals surface area contributed by atoms with Crippen LogP contribution < -0.4 is 4.90 Å². The lowest BCUT2D eigenvalue weighted by molar-refractivity contribution is 0.268. The minimum absolute atomic E-state index is 0.359. The number of anilines is 1. The monoisotopic (exact) mass is 345 g/mol. The number of aromatic nitrogens is 1. The molecule has 0 N–H and O–H groups in total. The fourth-order valence-electron chi connectivity index (χ4n) is 2.97. The first-order chi connectivity index (χ1) is 10.1. The molecule has 0 aliphatic carbocycles. The third kappa shape index (κ3) is 3.11. The first-order valence-electron chi connectivity index (χ1n) is 7.27. The van der Waals surface area contributed by atoms with Crippen molar-refractivity contribution in [2.24, 2.45) is 0 Å². The highest BCUT2D eigenvalue weighted by atomic mass is 79.9. The summed E-state index contributed by atoms with van der Waals surface area (Å²) in [6.07, 6.45) is 1.89. The SMILES string of the molecule is Cc1cc(Br)cnc1N1CCN(C)CC1c1ccccc1. The molecule has 110 valence electrons. The Morgan fingerprint density at radius 2 is 1.95 bits per heavy atom. The number of hydrogen-bond donors (Lipinski definition) is 0. The molecule has 2 heterocycles. The Hall–Kier alpha value is -1.39. The predicted molar refractivity (Wildman–Crippen MR) is 90.7 cm³/mol. The Morgan fingerprint density at radius 3 is 2.67 bits per heavy atom. The summed E-state index contributed by atoms with van der Waals surface area (Å²) in [5.41, 5.74) is 2.57. The summed E-state index contributed by atoms with van der Waals surface area (Å²) in [4.78, 5) is 9.50. The molecular weight excluding hydrogens is 326 g/mol. The molecule has 1 fully saturated rings. The van der Waals surface area contributed by atoms with E-state index in [1.807, 2.05) is 6.20 Å². The van der Waals surface area contributed by atoms with Gasteiger partial charge in [-0.3, -0.25) is 0 Å². The molecule has 0 bridgehead atoms. The topological polar surface area (TPSA) is 19.4 Å². The van der Waals surface area contributed by atoms with Gasteiger partial charge in [0.05, 0.1) is 6.04 Å². The van der Waals surface area contributed by atoms with Crippen LogP contribution in [-0.2, 0) is 0 Å². The van der Waals surface area contributed by atoms with Gasteiger partial charge in [0.2, 0.25) is 0 Å². The van der Waals surface area contributed by atoms with Crippen molar-refractivity contribution in [3.8, 4) is 0 Å². The molecule has 0 radical (unpaired) electrons. The Kier molecular flexibility index (Phi) is 4.27. The molecule has 21 heavy (non-hydrogen) atoms. The molecule has 0 saturated carbocycles. The standard InChI is InChI=1S/C17H20BrN3/c1-13-10-15(18)11-19-17(13)21-9-8-20(2)12-16(21)14-6-4-3-5-7-14/h3-7,10-11,16H,8-9,12H2,1-2H3. The van der Waals surface area contributed by atoms with Crippen molar-refractivity contribution in [1.29, 1.82) is 0 Å². The highest BCUT2D eigenvalue weighted by Gasteiger charge is 2.28. The number of likely N-dealkylation sites (N-methyl/N-ethyl adjacent to an activating group) is 1. The van der Waals surface area contributed by atoms with Crippen LogP contribution in [0.2, 0.25) is 0 Å². The van der Waals surface area contributed by atoms with Crippen LogP contribution in [-0.4, -0.2) is 36.6 Å². The van der Waals surface area contributed by atoms with E-state index in [4.69, 9.17) is 0 Å². The van der Waals surface area contributed by atoms with Crippen molar-refractivity contribution in [3.05, 3.63) is 58.2 Å². The summed E-state index contributed by atoms with van der Waals surface area (Å²) in [7, 11) is 2.19. The zero-order valence-electron chi connectivity index (χ0n) is 12.5. The molecule has 1 aromatic carbocycles. The number of benzene rings is 1. The first kappa shape index (κ1) is 14.5. The van der Waals surface area contributed by atoms with Crippen LogP contribution in [0.4, 0.5) is 5.82 Å². The maximum absolute atomic E-state index is 4.66. The molecule has 2 aromatic rings. The number of nitrogens with zero attached hydrogens (tertiary/aromatic N) is 3. The van der Waals surface area contributed by atoms with Crippen molar-refractivity contribution in [3.63, 3.8) is 0 Å². The Bertz CT molecular complexity index is 615. The van der Waals surface area contributed by atoms with Gasteiger partial charge in [-0.15, -0.1) is 0 Å². The fourth-order valence-corrected chi connectivity index (χ4v) is 3.41. The highest BCUT2D eigenvalue weighted by Crippen LogP contribution is 2.31. The van der Waals surface area contributed by atoms with E-state index in [1.54, 1.807) is 0 Å². The summed E-state index contributed by atoms with van der Waals surface area (Å²) in [6, 6.07) is 13.2. The predicted octanol–water partition coefficient (Wildman–Crippen LogP) is 3.65. The largest absolute Gasteiger partial charge is 0.347 e. The lowest BCUT2D eigenvalue weighted by Crippen LogP contribution is -2.47. The number of hydrogen-bond acceptors (Lipinski definition) is 3. The van der Waals surface area contributed by atoms with E-state index >= 15 is 0 Å². The molecule has 3 nitrogen and oxygen atoms in total. The molecule has 3 rings (SSSR count). The number of rotatable bonds is 2. The normalized spacial score (nSPS) is 19.8. The van der Waals surface area contributed by atoms with E-state index in [-0.39, 0.29) is 0 Å². The molecule has 1 saturated heterocycles. The molecule has 1 aliphatic rings. The number of pyridine rings is 1. The molecule has 0 amide bonds. The van der Waals surface area contributed by atoms with Crippen LogP contribution in [0, 0.1) is 6.92 Å². The summed E-state index contributed by atoms with van der Waals surface area (Å²) in [6.45, 7) is 5.24. The molecule has 1 aliphatic heterocycles. The van der Waals surface area contributed by atoms with Crippen molar-refractivity contribution in [2.45, 2.75) is 13.0 Å². The quantitative estimate of drug-likeness (QED) is 0.828. The van der Waals surface area contributed by atoms with E-state index in [0.717, 1.165) is 29.9 Å². The van der Waals surface area contributed by atoms with Gasteiger partial charge in [0.1, 0.15) is 5.82 Å². The maximum atomic E-state index is 4.66. The van der Waals surface area contributed by atoms with Crippen LogP contribution in [0.3, 0.4) is 0 Å². The molecule has 1 atom stereocenters. The summed E-state index contributed by atoms with van der Waals surface area (Å²) < 4.78 is 1.04. The van der Waals surface area contributed by atoms with Gasteiger partial charge >= 0.3 is 0 Å². The first-order valence-corrected chi connectivity index (χ1v) is 8.07. The lowest BCUT2D eigenvalue weighted by atomic mass is 10.0. The van der Waals surface area contributed by atoms with Crippen LogP contribution in [0.15, 0.2) is 47.1 Å². The summed E-state index contributed by atoms with van der Waals surface area (Å²) in [5.74, 6) is 1.10. The van der Waals surface area contributed by atoms with Gasteiger partial charge in [-0.1, -0.05) is 30.3 Å². The van der Waals surface area contributed by atoms with Crippen LogP contribution in [0.1, 0.15) is 17.2 Å². The maximum Gasteiger partial charge on any atom is 0.132 e. The number of halogens is 1. The van der Waals surface area contributed by atoms with Crippen molar-refractivity contribution in [1.82, 2.24) is 9.88 Å². The lowest BCUT2D eigenvalue weighted by Gasteiger charge is -2.41. The zero-order valence-corrected chi connectivity index (χ0v) is 14.0. The van der Waals surface area contributed by atoms with Gasteiger partial charge in [-0.2, -0.15) is 0 Å². The molecular formula is C17H20BrN3. The van der Waals surface area contributed by atoms with Crippen LogP contribution in [0.25, 0.3) is 0 Å². The van der Waals surface area contributed by atoms with Gasteiger partial charge in [-0.25, -0.2) is 4.98 Å². The van der Waals surface area contributed by atoms with Gasteiger partial charge < -0.3 is 9.80 Å². The van der Waals surface area contributed by atoms with E-state index in [9.17, 15) is 0 Å². The van der Waals surface area contributed by atoms with E-state index in [0.29, 0.717) is 6.04 Å². The minimum Gasteiger partial charge on any atom is -0.347 e. The molecule has 1 aromatic heterocycles. The van der Waals surface area contributed by atoms with Gasteiger partial charge in [-0.05, 0) is 47.1 Å². The van der Waals surface area contributed by atoms with Crippen LogP contribution in [0.5, 0.6) is 0 Å². The van der Waals surface area contributed by atoms with Crippen molar-refractivity contribution >= 4 is 21.7 Å². The van der Waals surface area contributed by atoms with E-state index in [1.165, 1.54) is 11.1 Å². The number of aryl methyl sites for hydroxylation is 1. The van der Waals surface area contributed by atoms with Gasteiger partial charge in [0.25, 0.3) is 0 Å². The van der Waals surface area contributed by atoms with Crippen LogP contribution >= 0.6 is 15.9 Å². The third-order valence-electron chi connectivity index (χ3n) is 4.06. The highest BCUT2D eigenvalue weighted by molar-refractivity contribution is 9.10. The molecule has 0 spiro atoms. The second kappa shape index (κ2) is 6.16. The molecule has 4 heteroatoms. The van der Waals surface area contributed by atoms with Gasteiger partial charge in [0, 0.05) is 30.3 Å². The summed E-state index contributed by atoms with van der Waals surface area (Å²) >= 11 is 3.50. The zero-order chi connectivity index (χ0) is 14.8. The second-order valence-corrected chi connectivity index (χ2v) is 6.59. The average Bonchev–Trinajstić information content (AvgIpc) is 2.49. The number of piperazine rings is 1.